The van der Waals surface area contributed by atoms with Crippen LogP contribution < -0.4 is 14.8 Å². The number of hydrogen-bond acceptors (Lipinski definition) is 3. The monoisotopic (exact) mass is 329 g/mol. The molecule has 0 bridgehead atoms. The smallest absolute Gasteiger partial charge is 0.266 e. The van der Waals surface area contributed by atoms with Crippen molar-refractivity contribution in [1.82, 2.24) is 4.98 Å². The van der Waals surface area contributed by atoms with Gasteiger partial charge in [-0.05, 0) is 23.1 Å². The van der Waals surface area contributed by atoms with Crippen molar-refractivity contribution in [3.05, 3.63) is 54.9 Å². The summed E-state index contributed by atoms with van der Waals surface area (Å²) in [6, 6.07) is 8.18. The Kier molecular flexibility index (Phi) is 5.05. The van der Waals surface area contributed by atoms with Gasteiger partial charge in [-0.3, -0.25) is 9.59 Å². The molecule has 2 rings (SSSR count). The summed E-state index contributed by atoms with van der Waals surface area (Å²) in [7, 11) is 0. The molecule has 4 heteroatoms. The molecule has 23 heavy (non-hydrogen) atoms. The van der Waals surface area contributed by atoms with Crippen molar-refractivity contribution in [1.29, 1.82) is 0 Å². The van der Waals surface area contributed by atoms with Crippen molar-refractivity contribution >= 4 is 29.3 Å². The van der Waals surface area contributed by atoms with Crippen LogP contribution in [0.5, 0.6) is 0 Å². The van der Waals surface area contributed by atoms with Crippen LogP contribution in [-0.4, -0.2) is 10.8 Å². The van der Waals surface area contributed by atoms with Crippen LogP contribution in [0.3, 0.4) is 0 Å². The SMILES string of the molecule is CC(C)c1ccc(C=c2sc(=CC(=O)C(C)(C)C)[nH]c2=O)cc1. The maximum absolute atomic E-state index is 12.0. The first kappa shape index (κ1) is 17.4. The number of carbonyl (C=O) groups excluding carboxylic acids is 1. The van der Waals surface area contributed by atoms with Crippen LogP contribution >= 0.6 is 11.3 Å². The summed E-state index contributed by atoms with van der Waals surface area (Å²) >= 11 is 1.31. The van der Waals surface area contributed by atoms with Crippen molar-refractivity contribution < 1.29 is 4.79 Å². The lowest BCUT2D eigenvalue weighted by Gasteiger charge is -2.12. The average molecular weight is 329 g/mol. The number of carbonyl (C=O) groups is 1. The molecule has 122 valence electrons. The van der Waals surface area contributed by atoms with Gasteiger partial charge in [-0.2, -0.15) is 0 Å². The van der Waals surface area contributed by atoms with Crippen LogP contribution in [0.25, 0.3) is 12.2 Å². The number of aromatic amines is 1. The third-order valence-electron chi connectivity index (χ3n) is 3.58. The van der Waals surface area contributed by atoms with E-state index in [4.69, 9.17) is 0 Å². The second-order valence-corrected chi connectivity index (χ2v) is 8.09. The fourth-order valence-electron chi connectivity index (χ4n) is 1.99. The van der Waals surface area contributed by atoms with E-state index in [0.29, 0.717) is 15.1 Å². The highest BCUT2D eigenvalue weighted by molar-refractivity contribution is 7.07. The van der Waals surface area contributed by atoms with Crippen LogP contribution in [-0.2, 0) is 4.79 Å². The molecule has 0 aliphatic rings. The second-order valence-electron chi connectivity index (χ2n) is 7.01. The van der Waals surface area contributed by atoms with Gasteiger partial charge in [0.15, 0.2) is 5.78 Å². The standard InChI is InChI=1S/C19H23NO2S/c1-12(2)14-8-6-13(7-9-14)10-15-18(22)20-17(23-15)11-16(21)19(3,4)5/h6-12H,1-5H3,(H,20,22). The summed E-state index contributed by atoms with van der Waals surface area (Å²) in [4.78, 5) is 26.8. The van der Waals surface area contributed by atoms with Gasteiger partial charge in [0.1, 0.15) is 0 Å². The largest absolute Gasteiger partial charge is 0.313 e. The van der Waals surface area contributed by atoms with E-state index < -0.39 is 5.41 Å². The minimum absolute atomic E-state index is 0.00263. The van der Waals surface area contributed by atoms with Crippen LogP contribution in [0.4, 0.5) is 0 Å². The maximum atomic E-state index is 12.0. The number of benzene rings is 1. The number of rotatable bonds is 3. The highest BCUT2D eigenvalue weighted by Gasteiger charge is 2.18. The molecule has 2 aromatic rings. The molecule has 0 fully saturated rings. The van der Waals surface area contributed by atoms with Crippen molar-refractivity contribution in [2.45, 2.75) is 40.5 Å². The van der Waals surface area contributed by atoms with E-state index in [1.807, 2.05) is 39.0 Å². The lowest BCUT2D eigenvalue weighted by Crippen LogP contribution is -2.22. The first-order valence-corrected chi connectivity index (χ1v) is 8.55. The quantitative estimate of drug-likeness (QED) is 0.941. The van der Waals surface area contributed by atoms with E-state index in [1.54, 1.807) is 0 Å². The summed E-state index contributed by atoms with van der Waals surface area (Å²) < 4.78 is 1.20. The highest BCUT2D eigenvalue weighted by Crippen LogP contribution is 2.15. The van der Waals surface area contributed by atoms with Gasteiger partial charge in [0.2, 0.25) is 0 Å². The normalized spacial score (nSPS) is 13.8. The Morgan fingerprint density at radius 2 is 1.78 bits per heavy atom. The third-order valence-corrected chi connectivity index (χ3v) is 4.55. The van der Waals surface area contributed by atoms with Crippen LogP contribution in [0.1, 0.15) is 51.7 Å². The second kappa shape index (κ2) is 6.67. The number of Topliss-reactive ketones (excluding diaryl/α,β-unsaturated/α-hetero) is 1. The molecular formula is C19H23NO2S. The number of thiazole rings is 1. The van der Waals surface area contributed by atoms with E-state index in [-0.39, 0.29) is 11.3 Å². The van der Waals surface area contributed by atoms with Gasteiger partial charge >= 0.3 is 0 Å². The number of nitrogens with one attached hydrogen (secondary N) is 1. The van der Waals surface area contributed by atoms with Gasteiger partial charge in [0.25, 0.3) is 5.56 Å². The van der Waals surface area contributed by atoms with Crippen LogP contribution in [0.2, 0.25) is 0 Å². The summed E-state index contributed by atoms with van der Waals surface area (Å²) in [5, 5.41) is 0. The van der Waals surface area contributed by atoms with Gasteiger partial charge in [0, 0.05) is 11.5 Å². The number of hydrogen-bond donors (Lipinski definition) is 1. The molecule has 1 N–H and O–H groups in total. The summed E-state index contributed by atoms with van der Waals surface area (Å²) in [6.45, 7) is 9.89. The lowest BCUT2D eigenvalue weighted by atomic mass is 9.91. The number of ketones is 1. The first-order chi connectivity index (χ1) is 10.7. The molecule has 0 saturated heterocycles. The zero-order valence-corrected chi connectivity index (χ0v) is 15.1. The molecule has 0 radical (unpaired) electrons. The Morgan fingerprint density at radius 1 is 1.17 bits per heavy atom. The third kappa shape index (κ3) is 4.52. The molecule has 0 atom stereocenters. The van der Waals surface area contributed by atoms with Gasteiger partial charge in [-0.15, -0.1) is 11.3 Å². The van der Waals surface area contributed by atoms with E-state index in [9.17, 15) is 9.59 Å². The zero-order chi connectivity index (χ0) is 17.2. The van der Waals surface area contributed by atoms with Crippen molar-refractivity contribution in [2.75, 3.05) is 0 Å². The minimum Gasteiger partial charge on any atom is -0.313 e. The van der Waals surface area contributed by atoms with Gasteiger partial charge in [-0.25, -0.2) is 0 Å². The molecular weight excluding hydrogens is 306 g/mol. The predicted molar refractivity (Wildman–Crippen MR) is 97.2 cm³/mol. The summed E-state index contributed by atoms with van der Waals surface area (Å²) in [6.07, 6.45) is 3.37. The van der Waals surface area contributed by atoms with E-state index in [1.165, 1.54) is 23.0 Å². The van der Waals surface area contributed by atoms with Crippen molar-refractivity contribution in [2.24, 2.45) is 5.41 Å². The first-order valence-electron chi connectivity index (χ1n) is 7.74. The summed E-state index contributed by atoms with van der Waals surface area (Å²) in [5.74, 6) is 0.488. The summed E-state index contributed by atoms with van der Waals surface area (Å²) in [5.41, 5.74) is 1.65. The lowest BCUT2D eigenvalue weighted by molar-refractivity contribution is -0.119. The van der Waals surface area contributed by atoms with Crippen molar-refractivity contribution in [3.63, 3.8) is 0 Å². The molecule has 3 nitrogen and oxygen atoms in total. The maximum Gasteiger partial charge on any atom is 0.266 e. The predicted octanol–water partition coefficient (Wildman–Crippen LogP) is 2.78. The number of aromatic nitrogens is 1. The minimum atomic E-state index is -0.447. The number of H-pyrrole nitrogens is 1. The van der Waals surface area contributed by atoms with Crippen LogP contribution in [0.15, 0.2) is 29.1 Å². The molecule has 0 amide bonds. The molecule has 0 aliphatic carbocycles. The van der Waals surface area contributed by atoms with E-state index in [2.05, 4.69) is 31.0 Å². The van der Waals surface area contributed by atoms with E-state index in [0.717, 1.165) is 5.56 Å². The Morgan fingerprint density at radius 3 is 2.30 bits per heavy atom. The fraction of sp³-hybridized carbons (Fsp3) is 0.368. The molecule has 1 heterocycles. The average Bonchev–Trinajstić information content (AvgIpc) is 2.78. The zero-order valence-electron chi connectivity index (χ0n) is 14.3. The Hall–Kier alpha value is -1.94. The van der Waals surface area contributed by atoms with Crippen LogP contribution in [0, 0.1) is 5.41 Å². The Labute approximate surface area is 140 Å². The van der Waals surface area contributed by atoms with Gasteiger partial charge in [0.05, 0.1) is 9.20 Å². The molecule has 1 aromatic carbocycles. The fourth-order valence-corrected chi connectivity index (χ4v) is 2.87. The Balaban J connectivity index is 2.40. The molecule has 1 aromatic heterocycles. The van der Waals surface area contributed by atoms with Gasteiger partial charge in [-0.1, -0.05) is 58.9 Å². The van der Waals surface area contributed by atoms with Gasteiger partial charge < -0.3 is 4.98 Å². The molecule has 0 spiro atoms. The Bertz CT molecular complexity index is 862. The topological polar surface area (TPSA) is 49.9 Å². The van der Waals surface area contributed by atoms with Crippen molar-refractivity contribution in [3.8, 4) is 0 Å². The molecule has 0 saturated carbocycles. The molecule has 0 aliphatic heterocycles. The van der Waals surface area contributed by atoms with E-state index >= 15 is 0 Å². The highest BCUT2D eigenvalue weighted by atomic mass is 32.1. The molecule has 0 unspecified atom stereocenters.